The maximum absolute atomic E-state index is 11.7. The summed E-state index contributed by atoms with van der Waals surface area (Å²) in [5, 5.41) is 7.65. The van der Waals surface area contributed by atoms with Crippen LogP contribution in [0.25, 0.3) is 0 Å². The first-order valence-electron chi connectivity index (χ1n) is 4.83. The molecule has 5 nitrogen and oxygen atoms in total. The second-order valence-corrected chi connectivity index (χ2v) is 4.77. The monoisotopic (exact) mass is 236 g/mol. The van der Waals surface area contributed by atoms with E-state index >= 15 is 0 Å². The summed E-state index contributed by atoms with van der Waals surface area (Å²) in [6, 6.07) is 0. The number of hydrogen-bond donors (Lipinski definition) is 1. The zero-order valence-electron chi connectivity index (χ0n) is 9.10. The van der Waals surface area contributed by atoms with Gasteiger partial charge in [-0.05, 0) is 6.92 Å². The van der Waals surface area contributed by atoms with Crippen molar-refractivity contribution < 1.29 is 4.79 Å². The third kappa shape index (κ3) is 2.46. The number of aryl methyl sites for hydroxylation is 2. The van der Waals surface area contributed by atoms with Crippen LogP contribution in [0.5, 0.6) is 0 Å². The molecule has 0 unspecified atom stereocenters. The highest BCUT2D eigenvalue weighted by atomic mass is 32.1. The third-order valence-corrected chi connectivity index (χ3v) is 2.95. The molecule has 0 aliphatic carbocycles. The van der Waals surface area contributed by atoms with Crippen LogP contribution >= 0.6 is 11.3 Å². The topological polar surface area (TPSA) is 59.8 Å². The van der Waals surface area contributed by atoms with Gasteiger partial charge in [0, 0.05) is 24.3 Å². The molecular weight excluding hydrogens is 224 g/mol. The van der Waals surface area contributed by atoms with Gasteiger partial charge < -0.3 is 5.32 Å². The number of carbonyl (C=O) groups excluding carboxylic acids is 1. The number of hydrogen-bond acceptors (Lipinski definition) is 4. The summed E-state index contributed by atoms with van der Waals surface area (Å²) < 4.78 is 1.60. The van der Waals surface area contributed by atoms with Gasteiger partial charge in [0.25, 0.3) is 5.91 Å². The number of amides is 1. The Kier molecular flexibility index (Phi) is 3.00. The molecule has 1 N–H and O–H groups in total. The Labute approximate surface area is 97.1 Å². The third-order valence-electron chi connectivity index (χ3n) is 2.04. The quantitative estimate of drug-likeness (QED) is 0.868. The smallest absolute Gasteiger partial charge is 0.254 e. The minimum Gasteiger partial charge on any atom is -0.345 e. The number of aromatic nitrogens is 3. The van der Waals surface area contributed by atoms with Crippen molar-refractivity contribution in [3.8, 4) is 0 Å². The first kappa shape index (κ1) is 10.8. The summed E-state index contributed by atoms with van der Waals surface area (Å²) in [6.07, 6.45) is 5.03. The molecule has 0 aliphatic heterocycles. The molecule has 2 aromatic rings. The van der Waals surface area contributed by atoms with Crippen LogP contribution in [0.1, 0.15) is 20.2 Å². The minimum atomic E-state index is -0.124. The van der Waals surface area contributed by atoms with Crippen LogP contribution in [-0.4, -0.2) is 20.7 Å². The first-order valence-corrected chi connectivity index (χ1v) is 5.65. The lowest BCUT2D eigenvalue weighted by molar-refractivity contribution is 0.0951. The van der Waals surface area contributed by atoms with E-state index in [1.165, 1.54) is 0 Å². The minimum absolute atomic E-state index is 0.124. The summed E-state index contributed by atoms with van der Waals surface area (Å²) in [5.41, 5.74) is 0.566. The molecule has 0 radical (unpaired) electrons. The average Bonchev–Trinajstić information content (AvgIpc) is 2.84. The second kappa shape index (κ2) is 4.44. The van der Waals surface area contributed by atoms with E-state index in [0.29, 0.717) is 12.1 Å². The molecule has 6 heteroatoms. The van der Waals surface area contributed by atoms with Gasteiger partial charge >= 0.3 is 0 Å². The Hall–Kier alpha value is -1.69. The Morgan fingerprint density at radius 3 is 2.94 bits per heavy atom. The second-order valence-electron chi connectivity index (χ2n) is 3.45. The number of rotatable bonds is 3. The highest BCUT2D eigenvalue weighted by Gasteiger charge is 2.08. The molecule has 84 valence electrons. The highest BCUT2D eigenvalue weighted by Crippen LogP contribution is 2.10. The maximum Gasteiger partial charge on any atom is 0.254 e. The van der Waals surface area contributed by atoms with E-state index in [2.05, 4.69) is 15.4 Å². The van der Waals surface area contributed by atoms with Crippen molar-refractivity contribution in [2.75, 3.05) is 0 Å². The van der Waals surface area contributed by atoms with E-state index < -0.39 is 0 Å². The van der Waals surface area contributed by atoms with Gasteiger partial charge in [-0.15, -0.1) is 11.3 Å². The van der Waals surface area contributed by atoms with E-state index in [9.17, 15) is 4.79 Å². The molecule has 0 saturated carbocycles. The van der Waals surface area contributed by atoms with Crippen molar-refractivity contribution in [3.05, 3.63) is 34.0 Å². The summed E-state index contributed by atoms with van der Waals surface area (Å²) in [5.74, 6) is -0.124. The van der Waals surface area contributed by atoms with Gasteiger partial charge in [0.1, 0.15) is 5.01 Å². The van der Waals surface area contributed by atoms with E-state index in [1.807, 2.05) is 6.92 Å². The summed E-state index contributed by atoms with van der Waals surface area (Å²) in [4.78, 5) is 17.0. The Morgan fingerprint density at radius 2 is 2.38 bits per heavy atom. The van der Waals surface area contributed by atoms with Gasteiger partial charge in [-0.2, -0.15) is 5.10 Å². The van der Waals surface area contributed by atoms with E-state index in [4.69, 9.17) is 0 Å². The predicted molar refractivity (Wildman–Crippen MR) is 61.2 cm³/mol. The van der Waals surface area contributed by atoms with Crippen molar-refractivity contribution in [2.45, 2.75) is 13.5 Å². The van der Waals surface area contributed by atoms with Gasteiger partial charge in [-0.3, -0.25) is 9.48 Å². The molecule has 2 heterocycles. The molecular formula is C10H12N4OS. The fraction of sp³-hybridized carbons (Fsp3) is 0.300. The number of nitrogens with zero attached hydrogens (tertiary/aromatic N) is 3. The Bertz CT molecular complexity index is 502. The average molecular weight is 236 g/mol. The molecule has 0 atom stereocenters. The van der Waals surface area contributed by atoms with Crippen LogP contribution in [-0.2, 0) is 13.6 Å². The molecule has 2 aromatic heterocycles. The lowest BCUT2D eigenvalue weighted by atomic mass is 10.3. The summed E-state index contributed by atoms with van der Waals surface area (Å²) in [7, 11) is 1.78. The van der Waals surface area contributed by atoms with Gasteiger partial charge in [-0.1, -0.05) is 0 Å². The maximum atomic E-state index is 11.7. The fourth-order valence-electron chi connectivity index (χ4n) is 1.28. The van der Waals surface area contributed by atoms with Crippen LogP contribution in [0.4, 0.5) is 0 Å². The molecule has 0 aromatic carbocycles. The van der Waals surface area contributed by atoms with Gasteiger partial charge in [0.15, 0.2) is 0 Å². The Balaban J connectivity index is 1.93. The Morgan fingerprint density at radius 1 is 1.56 bits per heavy atom. The number of thiazole rings is 1. The van der Waals surface area contributed by atoms with E-state index in [0.717, 1.165) is 9.88 Å². The molecule has 16 heavy (non-hydrogen) atoms. The normalized spacial score (nSPS) is 10.4. The molecule has 0 fully saturated rings. The summed E-state index contributed by atoms with van der Waals surface area (Å²) in [6.45, 7) is 2.45. The van der Waals surface area contributed by atoms with Gasteiger partial charge in [0.2, 0.25) is 0 Å². The number of carbonyl (C=O) groups is 1. The van der Waals surface area contributed by atoms with Crippen LogP contribution in [0.3, 0.4) is 0 Å². The fourth-order valence-corrected chi connectivity index (χ4v) is 2.01. The van der Waals surface area contributed by atoms with Crippen LogP contribution in [0.2, 0.25) is 0 Å². The molecule has 0 spiro atoms. The molecule has 0 saturated heterocycles. The lowest BCUT2D eigenvalue weighted by Crippen LogP contribution is -2.22. The van der Waals surface area contributed by atoms with Crippen LogP contribution in [0.15, 0.2) is 18.6 Å². The largest absolute Gasteiger partial charge is 0.345 e. The van der Waals surface area contributed by atoms with E-state index in [-0.39, 0.29) is 5.91 Å². The number of nitrogens with one attached hydrogen (secondary N) is 1. The zero-order valence-corrected chi connectivity index (χ0v) is 9.91. The summed E-state index contributed by atoms with van der Waals surface area (Å²) >= 11 is 1.58. The van der Waals surface area contributed by atoms with Crippen molar-refractivity contribution in [1.82, 2.24) is 20.1 Å². The predicted octanol–water partition coefficient (Wildman–Crippen LogP) is 1.12. The van der Waals surface area contributed by atoms with Crippen LogP contribution in [0, 0.1) is 6.92 Å². The van der Waals surface area contributed by atoms with Crippen molar-refractivity contribution in [3.63, 3.8) is 0 Å². The SMILES string of the molecule is Cc1cnc(CNC(=O)c2cnn(C)c2)s1. The lowest BCUT2D eigenvalue weighted by Gasteiger charge is -1.99. The van der Waals surface area contributed by atoms with Crippen molar-refractivity contribution in [1.29, 1.82) is 0 Å². The molecule has 1 amide bonds. The first-order chi connectivity index (χ1) is 7.65. The van der Waals surface area contributed by atoms with E-state index in [1.54, 1.807) is 41.7 Å². The standard InChI is InChI=1S/C10H12N4OS/c1-7-3-11-9(16-7)5-12-10(15)8-4-13-14(2)6-8/h3-4,6H,5H2,1-2H3,(H,12,15). The molecule has 0 aliphatic rings. The highest BCUT2D eigenvalue weighted by molar-refractivity contribution is 7.11. The van der Waals surface area contributed by atoms with Crippen molar-refractivity contribution in [2.24, 2.45) is 7.05 Å². The molecule has 0 bridgehead atoms. The van der Waals surface area contributed by atoms with Crippen LogP contribution < -0.4 is 5.32 Å². The van der Waals surface area contributed by atoms with Crippen molar-refractivity contribution >= 4 is 17.2 Å². The molecule has 2 rings (SSSR count). The van der Waals surface area contributed by atoms with Gasteiger partial charge in [-0.25, -0.2) is 4.98 Å². The zero-order chi connectivity index (χ0) is 11.5. The van der Waals surface area contributed by atoms with Gasteiger partial charge in [0.05, 0.1) is 18.3 Å².